The lowest BCUT2D eigenvalue weighted by molar-refractivity contribution is 0.598. The second-order valence-corrected chi connectivity index (χ2v) is 6.18. The SMILES string of the molecule is Cc1[nH]ncc1CCCNc1ccc(S(N)(=O)=O)cc1. The molecule has 0 aliphatic rings. The van der Waals surface area contributed by atoms with E-state index in [1.54, 1.807) is 12.1 Å². The molecule has 6 nitrogen and oxygen atoms in total. The van der Waals surface area contributed by atoms with E-state index in [0.717, 1.165) is 30.8 Å². The second-order valence-electron chi connectivity index (χ2n) is 4.62. The summed E-state index contributed by atoms with van der Waals surface area (Å²) in [6.07, 6.45) is 3.76. The van der Waals surface area contributed by atoms with Crippen LogP contribution in [0.15, 0.2) is 35.4 Å². The molecule has 0 unspecified atom stereocenters. The van der Waals surface area contributed by atoms with E-state index in [0.29, 0.717) is 0 Å². The summed E-state index contributed by atoms with van der Waals surface area (Å²) in [5.41, 5.74) is 3.19. The largest absolute Gasteiger partial charge is 0.385 e. The summed E-state index contributed by atoms with van der Waals surface area (Å²) in [6, 6.07) is 6.42. The van der Waals surface area contributed by atoms with Gasteiger partial charge in [-0.3, -0.25) is 5.10 Å². The van der Waals surface area contributed by atoms with Crippen LogP contribution in [-0.4, -0.2) is 25.2 Å². The van der Waals surface area contributed by atoms with Crippen molar-refractivity contribution in [2.75, 3.05) is 11.9 Å². The summed E-state index contributed by atoms with van der Waals surface area (Å²) in [5, 5.41) is 15.2. The van der Waals surface area contributed by atoms with Crippen LogP contribution in [0.2, 0.25) is 0 Å². The van der Waals surface area contributed by atoms with E-state index in [2.05, 4.69) is 15.5 Å². The summed E-state index contributed by atoms with van der Waals surface area (Å²) >= 11 is 0. The molecule has 0 aliphatic carbocycles. The zero-order valence-electron chi connectivity index (χ0n) is 11.3. The molecule has 4 N–H and O–H groups in total. The quantitative estimate of drug-likeness (QED) is 0.701. The molecule has 7 heteroatoms. The highest BCUT2D eigenvalue weighted by molar-refractivity contribution is 7.89. The van der Waals surface area contributed by atoms with E-state index < -0.39 is 10.0 Å². The van der Waals surface area contributed by atoms with Gasteiger partial charge in [0.1, 0.15) is 0 Å². The maximum absolute atomic E-state index is 11.1. The van der Waals surface area contributed by atoms with E-state index in [4.69, 9.17) is 5.14 Å². The lowest BCUT2D eigenvalue weighted by Crippen LogP contribution is -2.12. The third-order valence-corrected chi connectivity index (χ3v) is 4.00. The van der Waals surface area contributed by atoms with Gasteiger partial charge in [-0.2, -0.15) is 5.10 Å². The topological polar surface area (TPSA) is 101 Å². The fourth-order valence-electron chi connectivity index (χ4n) is 1.90. The molecule has 1 aromatic carbocycles. The lowest BCUT2D eigenvalue weighted by atomic mass is 10.1. The minimum atomic E-state index is -3.62. The zero-order chi connectivity index (χ0) is 14.6. The zero-order valence-corrected chi connectivity index (χ0v) is 12.1. The molecular formula is C13H18N4O2S. The molecule has 2 rings (SSSR count). The van der Waals surface area contributed by atoms with E-state index >= 15 is 0 Å². The monoisotopic (exact) mass is 294 g/mol. The number of nitrogens with zero attached hydrogens (tertiary/aromatic N) is 1. The molecule has 0 aliphatic heterocycles. The molecule has 0 saturated heterocycles. The number of H-pyrrole nitrogens is 1. The fourth-order valence-corrected chi connectivity index (χ4v) is 2.42. The van der Waals surface area contributed by atoms with E-state index in [1.165, 1.54) is 17.7 Å². The molecule has 0 bridgehead atoms. The fraction of sp³-hybridized carbons (Fsp3) is 0.308. The number of hydrogen-bond donors (Lipinski definition) is 3. The van der Waals surface area contributed by atoms with Crippen molar-refractivity contribution in [2.45, 2.75) is 24.7 Å². The predicted octanol–water partition coefficient (Wildman–Crippen LogP) is 1.41. The Morgan fingerprint density at radius 3 is 2.55 bits per heavy atom. The van der Waals surface area contributed by atoms with Crippen molar-refractivity contribution in [2.24, 2.45) is 5.14 Å². The Bertz CT molecular complexity index is 662. The van der Waals surface area contributed by atoms with E-state index in [-0.39, 0.29) is 4.90 Å². The molecule has 0 amide bonds. The van der Waals surface area contributed by atoms with Crippen LogP contribution in [0.5, 0.6) is 0 Å². The van der Waals surface area contributed by atoms with Crippen LogP contribution < -0.4 is 10.5 Å². The first-order valence-corrected chi connectivity index (χ1v) is 7.87. The van der Waals surface area contributed by atoms with Crippen LogP contribution in [0.3, 0.4) is 0 Å². The highest BCUT2D eigenvalue weighted by Gasteiger charge is 2.06. The summed E-state index contributed by atoms with van der Waals surface area (Å²) in [6.45, 7) is 2.81. The molecular weight excluding hydrogens is 276 g/mol. The Balaban J connectivity index is 1.81. The maximum Gasteiger partial charge on any atom is 0.238 e. The molecule has 2 aromatic rings. The van der Waals surface area contributed by atoms with Crippen LogP contribution in [-0.2, 0) is 16.4 Å². The summed E-state index contributed by atoms with van der Waals surface area (Å²) < 4.78 is 22.2. The number of rotatable bonds is 6. The predicted molar refractivity (Wildman–Crippen MR) is 78.0 cm³/mol. The van der Waals surface area contributed by atoms with Crippen molar-refractivity contribution in [3.8, 4) is 0 Å². The molecule has 0 spiro atoms. The molecule has 0 saturated carbocycles. The highest BCUT2D eigenvalue weighted by atomic mass is 32.2. The number of aromatic amines is 1. The first kappa shape index (κ1) is 14.5. The summed E-state index contributed by atoms with van der Waals surface area (Å²) in [4.78, 5) is 0.122. The van der Waals surface area contributed by atoms with Crippen LogP contribution in [0, 0.1) is 6.92 Å². The van der Waals surface area contributed by atoms with E-state index in [1.807, 2.05) is 13.1 Å². The number of hydrogen-bond acceptors (Lipinski definition) is 4. The van der Waals surface area contributed by atoms with Crippen LogP contribution in [0.1, 0.15) is 17.7 Å². The molecule has 1 aromatic heterocycles. The Morgan fingerprint density at radius 2 is 2.00 bits per heavy atom. The minimum absolute atomic E-state index is 0.122. The first-order valence-electron chi connectivity index (χ1n) is 6.32. The van der Waals surface area contributed by atoms with Crippen molar-refractivity contribution < 1.29 is 8.42 Å². The van der Waals surface area contributed by atoms with Gasteiger partial charge in [-0.05, 0) is 49.6 Å². The van der Waals surface area contributed by atoms with Gasteiger partial charge in [-0.25, -0.2) is 13.6 Å². The average Bonchev–Trinajstić information content (AvgIpc) is 2.80. The Hall–Kier alpha value is -1.86. The van der Waals surface area contributed by atoms with Crippen LogP contribution in [0.4, 0.5) is 5.69 Å². The number of benzene rings is 1. The smallest absolute Gasteiger partial charge is 0.238 e. The van der Waals surface area contributed by atoms with Crippen LogP contribution >= 0.6 is 0 Å². The van der Waals surface area contributed by atoms with Gasteiger partial charge in [0.15, 0.2) is 0 Å². The maximum atomic E-state index is 11.1. The van der Waals surface area contributed by atoms with Gasteiger partial charge in [0.25, 0.3) is 0 Å². The molecule has 0 radical (unpaired) electrons. The minimum Gasteiger partial charge on any atom is -0.385 e. The number of sulfonamides is 1. The number of aryl methyl sites for hydroxylation is 2. The molecule has 20 heavy (non-hydrogen) atoms. The molecule has 0 atom stereocenters. The third-order valence-electron chi connectivity index (χ3n) is 3.07. The molecule has 108 valence electrons. The standard InChI is InChI=1S/C13H18N4O2S/c1-10-11(9-16-17-10)3-2-8-15-12-4-6-13(7-5-12)20(14,18)19/h4-7,9,15H,2-3,8H2,1H3,(H,16,17)(H2,14,18,19). The van der Waals surface area contributed by atoms with Gasteiger partial charge in [0.05, 0.1) is 11.1 Å². The average molecular weight is 294 g/mol. The summed E-state index contributed by atoms with van der Waals surface area (Å²) in [5.74, 6) is 0. The number of nitrogens with one attached hydrogen (secondary N) is 2. The molecule has 1 heterocycles. The van der Waals surface area contributed by atoms with Crippen molar-refractivity contribution in [3.63, 3.8) is 0 Å². The van der Waals surface area contributed by atoms with Crippen molar-refractivity contribution in [1.82, 2.24) is 10.2 Å². The second kappa shape index (κ2) is 6.06. The Morgan fingerprint density at radius 1 is 1.30 bits per heavy atom. The molecule has 0 fully saturated rings. The van der Waals surface area contributed by atoms with Crippen LogP contribution in [0.25, 0.3) is 0 Å². The Kier molecular flexibility index (Phi) is 4.41. The van der Waals surface area contributed by atoms with Gasteiger partial charge in [-0.1, -0.05) is 0 Å². The van der Waals surface area contributed by atoms with E-state index in [9.17, 15) is 8.42 Å². The normalized spacial score (nSPS) is 11.5. The van der Waals surface area contributed by atoms with Gasteiger partial charge in [0.2, 0.25) is 10.0 Å². The van der Waals surface area contributed by atoms with Gasteiger partial charge in [0, 0.05) is 17.9 Å². The van der Waals surface area contributed by atoms with Crippen molar-refractivity contribution >= 4 is 15.7 Å². The van der Waals surface area contributed by atoms with Crippen molar-refractivity contribution in [3.05, 3.63) is 41.7 Å². The Labute approximate surface area is 118 Å². The van der Waals surface area contributed by atoms with Gasteiger partial charge < -0.3 is 5.32 Å². The number of nitrogens with two attached hydrogens (primary N) is 1. The number of aromatic nitrogens is 2. The number of anilines is 1. The lowest BCUT2D eigenvalue weighted by Gasteiger charge is -2.06. The number of primary sulfonamides is 1. The first-order chi connectivity index (χ1) is 9.47. The highest BCUT2D eigenvalue weighted by Crippen LogP contribution is 2.13. The van der Waals surface area contributed by atoms with Crippen molar-refractivity contribution in [1.29, 1.82) is 0 Å². The van der Waals surface area contributed by atoms with Gasteiger partial charge >= 0.3 is 0 Å². The van der Waals surface area contributed by atoms with Gasteiger partial charge in [-0.15, -0.1) is 0 Å². The third kappa shape index (κ3) is 3.82. The summed E-state index contributed by atoms with van der Waals surface area (Å²) in [7, 11) is -3.62.